The second-order valence-corrected chi connectivity index (χ2v) is 5.52. The number of nitrogens with one attached hydrogen (secondary N) is 2. The SMILES string of the molecule is CNCCC(=O)Nc1c(C(C)C)cccc1C(C)C. The van der Waals surface area contributed by atoms with Crippen LogP contribution in [0.2, 0.25) is 0 Å². The zero-order chi connectivity index (χ0) is 14.4. The van der Waals surface area contributed by atoms with Gasteiger partial charge in [-0.05, 0) is 30.0 Å². The normalized spacial score (nSPS) is 11.1. The fraction of sp³-hybridized carbons (Fsp3) is 0.562. The molecule has 0 atom stereocenters. The fourth-order valence-corrected chi connectivity index (χ4v) is 2.14. The maximum atomic E-state index is 12.0. The van der Waals surface area contributed by atoms with Gasteiger partial charge in [0.2, 0.25) is 5.91 Å². The highest BCUT2D eigenvalue weighted by Gasteiger charge is 2.15. The first-order valence-electron chi connectivity index (χ1n) is 7.04. The first-order chi connectivity index (χ1) is 8.97. The van der Waals surface area contributed by atoms with Crippen molar-refractivity contribution in [3.63, 3.8) is 0 Å². The van der Waals surface area contributed by atoms with E-state index < -0.39 is 0 Å². The Bertz CT molecular complexity index is 399. The van der Waals surface area contributed by atoms with Crippen molar-refractivity contribution in [2.75, 3.05) is 18.9 Å². The quantitative estimate of drug-likeness (QED) is 0.824. The second kappa shape index (κ2) is 7.29. The number of carbonyl (C=O) groups excluding carboxylic acids is 1. The molecule has 0 heterocycles. The predicted octanol–water partition coefficient (Wildman–Crippen LogP) is 3.48. The van der Waals surface area contributed by atoms with Crippen LogP contribution in [0.5, 0.6) is 0 Å². The van der Waals surface area contributed by atoms with Gasteiger partial charge in [-0.2, -0.15) is 0 Å². The summed E-state index contributed by atoms with van der Waals surface area (Å²) in [5, 5.41) is 6.10. The molecule has 0 aromatic heterocycles. The first kappa shape index (κ1) is 15.7. The van der Waals surface area contributed by atoms with Crippen molar-refractivity contribution in [3.8, 4) is 0 Å². The minimum atomic E-state index is 0.0735. The zero-order valence-electron chi connectivity index (χ0n) is 12.7. The number of benzene rings is 1. The minimum Gasteiger partial charge on any atom is -0.326 e. The predicted molar refractivity (Wildman–Crippen MR) is 81.8 cm³/mol. The summed E-state index contributed by atoms with van der Waals surface area (Å²) in [4.78, 5) is 12.0. The van der Waals surface area contributed by atoms with Crippen molar-refractivity contribution in [3.05, 3.63) is 29.3 Å². The highest BCUT2D eigenvalue weighted by molar-refractivity contribution is 5.92. The Morgan fingerprint density at radius 2 is 1.63 bits per heavy atom. The number of para-hydroxylation sites is 1. The van der Waals surface area contributed by atoms with Crippen molar-refractivity contribution >= 4 is 11.6 Å². The summed E-state index contributed by atoms with van der Waals surface area (Å²) in [6.45, 7) is 9.32. The molecule has 0 saturated heterocycles. The van der Waals surface area contributed by atoms with E-state index in [1.54, 1.807) is 0 Å². The van der Waals surface area contributed by atoms with Gasteiger partial charge in [0.15, 0.2) is 0 Å². The Morgan fingerprint density at radius 3 is 2.05 bits per heavy atom. The van der Waals surface area contributed by atoms with Crippen molar-refractivity contribution in [1.29, 1.82) is 0 Å². The lowest BCUT2D eigenvalue weighted by Gasteiger charge is -2.20. The highest BCUT2D eigenvalue weighted by Crippen LogP contribution is 2.32. The summed E-state index contributed by atoms with van der Waals surface area (Å²) in [5.74, 6) is 0.876. The summed E-state index contributed by atoms with van der Waals surface area (Å²) in [7, 11) is 1.86. The van der Waals surface area contributed by atoms with Gasteiger partial charge in [0.1, 0.15) is 0 Å². The molecule has 3 nitrogen and oxygen atoms in total. The largest absolute Gasteiger partial charge is 0.326 e. The molecule has 0 saturated carbocycles. The van der Waals surface area contributed by atoms with Crippen molar-refractivity contribution < 1.29 is 4.79 Å². The van der Waals surface area contributed by atoms with Crippen LogP contribution < -0.4 is 10.6 Å². The molecule has 0 aliphatic rings. The van der Waals surface area contributed by atoms with Gasteiger partial charge < -0.3 is 10.6 Å². The number of hydrogen-bond donors (Lipinski definition) is 2. The van der Waals surface area contributed by atoms with E-state index in [2.05, 4.69) is 56.5 Å². The lowest BCUT2D eigenvalue weighted by atomic mass is 9.92. The van der Waals surface area contributed by atoms with E-state index in [0.717, 1.165) is 5.69 Å². The Morgan fingerprint density at radius 1 is 1.11 bits per heavy atom. The lowest BCUT2D eigenvalue weighted by molar-refractivity contribution is -0.116. The summed E-state index contributed by atoms with van der Waals surface area (Å²) in [5.41, 5.74) is 3.43. The van der Waals surface area contributed by atoms with Crippen LogP contribution in [-0.2, 0) is 4.79 Å². The van der Waals surface area contributed by atoms with E-state index in [-0.39, 0.29) is 5.91 Å². The summed E-state index contributed by atoms with van der Waals surface area (Å²) in [6.07, 6.45) is 0.500. The number of hydrogen-bond acceptors (Lipinski definition) is 2. The molecule has 0 aliphatic carbocycles. The van der Waals surface area contributed by atoms with E-state index in [0.29, 0.717) is 24.8 Å². The van der Waals surface area contributed by atoms with Crippen LogP contribution in [0.15, 0.2) is 18.2 Å². The van der Waals surface area contributed by atoms with Crippen LogP contribution in [0.4, 0.5) is 5.69 Å². The molecular formula is C16H26N2O. The molecule has 2 N–H and O–H groups in total. The number of carbonyl (C=O) groups is 1. The molecule has 0 radical (unpaired) electrons. The summed E-state index contributed by atoms with van der Waals surface area (Å²) < 4.78 is 0. The Hall–Kier alpha value is -1.35. The van der Waals surface area contributed by atoms with Gasteiger partial charge >= 0.3 is 0 Å². The van der Waals surface area contributed by atoms with E-state index >= 15 is 0 Å². The average Bonchev–Trinajstić information content (AvgIpc) is 2.35. The van der Waals surface area contributed by atoms with Crippen LogP contribution in [-0.4, -0.2) is 19.5 Å². The summed E-state index contributed by atoms with van der Waals surface area (Å²) >= 11 is 0. The number of amides is 1. The van der Waals surface area contributed by atoms with Crippen LogP contribution in [0.3, 0.4) is 0 Å². The molecule has 1 amide bonds. The first-order valence-corrected chi connectivity index (χ1v) is 7.04. The van der Waals surface area contributed by atoms with Crippen molar-refractivity contribution in [2.45, 2.75) is 46.0 Å². The monoisotopic (exact) mass is 262 g/mol. The maximum absolute atomic E-state index is 12.0. The van der Waals surface area contributed by atoms with E-state index in [1.165, 1.54) is 11.1 Å². The third kappa shape index (κ3) is 4.35. The number of rotatable bonds is 6. The van der Waals surface area contributed by atoms with Gasteiger partial charge in [-0.1, -0.05) is 45.9 Å². The molecule has 0 spiro atoms. The molecule has 1 aromatic rings. The third-order valence-corrected chi connectivity index (χ3v) is 3.24. The van der Waals surface area contributed by atoms with Gasteiger partial charge in [0.25, 0.3) is 0 Å². The fourth-order valence-electron chi connectivity index (χ4n) is 2.14. The number of anilines is 1. The molecular weight excluding hydrogens is 236 g/mol. The van der Waals surface area contributed by atoms with Gasteiger partial charge in [0.05, 0.1) is 0 Å². The molecule has 0 bridgehead atoms. The van der Waals surface area contributed by atoms with Gasteiger partial charge in [-0.25, -0.2) is 0 Å². The van der Waals surface area contributed by atoms with Crippen LogP contribution in [0.1, 0.15) is 57.1 Å². The maximum Gasteiger partial charge on any atom is 0.225 e. The average molecular weight is 262 g/mol. The van der Waals surface area contributed by atoms with Crippen molar-refractivity contribution in [1.82, 2.24) is 5.32 Å². The molecule has 0 aliphatic heterocycles. The second-order valence-electron chi connectivity index (χ2n) is 5.52. The molecule has 1 rings (SSSR count). The molecule has 3 heteroatoms. The minimum absolute atomic E-state index is 0.0735. The van der Waals surface area contributed by atoms with E-state index in [1.807, 2.05) is 7.05 Å². The Kier molecular flexibility index (Phi) is 6.03. The molecule has 0 fully saturated rings. The Labute approximate surface area is 116 Å². The van der Waals surface area contributed by atoms with Crippen LogP contribution in [0, 0.1) is 0 Å². The van der Waals surface area contributed by atoms with Crippen LogP contribution in [0.25, 0.3) is 0 Å². The zero-order valence-corrected chi connectivity index (χ0v) is 12.7. The third-order valence-electron chi connectivity index (χ3n) is 3.24. The molecule has 19 heavy (non-hydrogen) atoms. The van der Waals surface area contributed by atoms with Crippen molar-refractivity contribution in [2.24, 2.45) is 0 Å². The molecule has 106 valence electrons. The van der Waals surface area contributed by atoms with Gasteiger partial charge in [-0.15, -0.1) is 0 Å². The van der Waals surface area contributed by atoms with Crippen LogP contribution >= 0.6 is 0 Å². The molecule has 0 unspecified atom stereocenters. The molecule has 1 aromatic carbocycles. The lowest BCUT2D eigenvalue weighted by Crippen LogP contribution is -2.20. The standard InChI is InChI=1S/C16H26N2O/c1-11(2)13-7-6-8-14(12(3)4)16(13)18-15(19)9-10-17-5/h6-8,11-12,17H,9-10H2,1-5H3,(H,18,19). The summed E-state index contributed by atoms with van der Waals surface area (Å²) in [6, 6.07) is 6.28. The van der Waals surface area contributed by atoms with E-state index in [9.17, 15) is 4.79 Å². The van der Waals surface area contributed by atoms with Gasteiger partial charge in [0, 0.05) is 18.7 Å². The topological polar surface area (TPSA) is 41.1 Å². The van der Waals surface area contributed by atoms with E-state index in [4.69, 9.17) is 0 Å². The highest BCUT2D eigenvalue weighted by atomic mass is 16.1. The van der Waals surface area contributed by atoms with Gasteiger partial charge in [-0.3, -0.25) is 4.79 Å². The Balaban J connectivity index is 3.04. The smallest absolute Gasteiger partial charge is 0.225 e.